The number of carboxylic acid groups (broad SMARTS) is 1. The molecule has 0 bridgehead atoms. The van der Waals surface area contributed by atoms with E-state index >= 15 is 0 Å². The first-order valence-corrected chi connectivity index (χ1v) is 12.3. The zero-order valence-corrected chi connectivity index (χ0v) is 22.0. The van der Waals surface area contributed by atoms with Gasteiger partial charge in [-0.2, -0.15) is 0 Å². The van der Waals surface area contributed by atoms with Gasteiger partial charge in [-0.1, -0.05) is 29.3 Å². The highest BCUT2D eigenvalue weighted by molar-refractivity contribution is 6.35. The van der Waals surface area contributed by atoms with Crippen molar-refractivity contribution < 1.29 is 24.2 Å². The van der Waals surface area contributed by atoms with Gasteiger partial charge in [-0.3, -0.25) is 9.79 Å². The number of ether oxygens (including phenoxy) is 2. The summed E-state index contributed by atoms with van der Waals surface area (Å²) in [6, 6.07) is 14.9. The van der Waals surface area contributed by atoms with Gasteiger partial charge in [-0.15, -0.1) is 0 Å². The van der Waals surface area contributed by atoms with Crippen LogP contribution in [0.25, 0.3) is 11.1 Å². The van der Waals surface area contributed by atoms with Crippen LogP contribution >= 0.6 is 23.2 Å². The number of nitrogens with zero attached hydrogens (tertiary/aromatic N) is 1. The second-order valence-electron chi connectivity index (χ2n) is 8.90. The molecule has 0 aliphatic carbocycles. The molecule has 0 fully saturated rings. The molecule has 8 heteroatoms. The standard InChI is InChI=1S/C29H25Cl2NO5/c1-17(2)37-21-7-8-22(25(31)15-21)27(33)29(11-4-12-32-29)16-20-13-18(6-10-26(20)36-3)23-14-19(28(34)35)5-9-24(23)30/h4-15,17H,16H2,1-3H3,(H,34,35). The third-order valence-electron chi connectivity index (χ3n) is 5.98. The molecule has 1 atom stereocenters. The fourth-order valence-corrected chi connectivity index (χ4v) is 4.74. The molecule has 0 saturated heterocycles. The van der Waals surface area contributed by atoms with Crippen LogP contribution in [0.4, 0.5) is 0 Å². The maximum absolute atomic E-state index is 13.8. The van der Waals surface area contributed by atoms with E-state index in [4.69, 9.17) is 32.7 Å². The van der Waals surface area contributed by atoms with Gasteiger partial charge in [0.25, 0.3) is 0 Å². The number of benzene rings is 3. The molecule has 4 rings (SSSR count). The van der Waals surface area contributed by atoms with Gasteiger partial charge < -0.3 is 14.6 Å². The zero-order chi connectivity index (χ0) is 26.7. The average molecular weight is 538 g/mol. The zero-order valence-electron chi connectivity index (χ0n) is 20.5. The van der Waals surface area contributed by atoms with Crippen molar-refractivity contribution in [3.8, 4) is 22.6 Å². The number of ketones is 1. The number of hydrogen-bond acceptors (Lipinski definition) is 5. The van der Waals surface area contributed by atoms with Gasteiger partial charge in [0.15, 0.2) is 5.78 Å². The van der Waals surface area contributed by atoms with Gasteiger partial charge in [0.1, 0.15) is 17.0 Å². The molecular weight excluding hydrogens is 513 g/mol. The van der Waals surface area contributed by atoms with Gasteiger partial charge >= 0.3 is 5.97 Å². The number of halogens is 2. The number of aliphatic imine (C=N–C) groups is 1. The number of carbonyl (C=O) groups excluding carboxylic acids is 1. The monoisotopic (exact) mass is 537 g/mol. The lowest BCUT2D eigenvalue weighted by molar-refractivity contribution is 0.0696. The first kappa shape index (κ1) is 26.5. The third kappa shape index (κ3) is 5.55. The molecule has 1 N–H and O–H groups in total. The lowest BCUT2D eigenvalue weighted by Crippen LogP contribution is -2.36. The summed E-state index contributed by atoms with van der Waals surface area (Å²) in [4.78, 5) is 29.9. The van der Waals surface area contributed by atoms with Crippen LogP contribution in [-0.4, -0.2) is 41.8 Å². The molecule has 1 aliphatic rings. The van der Waals surface area contributed by atoms with Crippen molar-refractivity contribution in [2.24, 2.45) is 4.99 Å². The Balaban J connectivity index is 1.74. The lowest BCUT2D eigenvalue weighted by atomic mass is 9.83. The van der Waals surface area contributed by atoms with Crippen molar-refractivity contribution in [2.45, 2.75) is 31.9 Å². The molecule has 1 heterocycles. The first-order chi connectivity index (χ1) is 17.6. The Hall–Kier alpha value is -3.61. The fraction of sp³-hybridized carbons (Fsp3) is 0.207. The molecule has 0 aromatic heterocycles. The number of allylic oxidation sites excluding steroid dienone is 1. The molecule has 190 valence electrons. The topological polar surface area (TPSA) is 85.2 Å². The van der Waals surface area contributed by atoms with Crippen LogP contribution in [0, 0.1) is 0 Å². The Morgan fingerprint density at radius 3 is 2.43 bits per heavy atom. The van der Waals surface area contributed by atoms with E-state index in [1.807, 2.05) is 19.9 Å². The van der Waals surface area contributed by atoms with Crippen molar-refractivity contribution in [3.05, 3.63) is 93.5 Å². The molecule has 0 radical (unpaired) electrons. The van der Waals surface area contributed by atoms with Gasteiger partial charge in [-0.05, 0) is 85.7 Å². The van der Waals surface area contributed by atoms with E-state index in [2.05, 4.69) is 4.99 Å². The van der Waals surface area contributed by atoms with E-state index in [-0.39, 0.29) is 28.9 Å². The van der Waals surface area contributed by atoms with Crippen molar-refractivity contribution in [3.63, 3.8) is 0 Å². The van der Waals surface area contributed by atoms with Crippen LogP contribution in [0.5, 0.6) is 11.5 Å². The third-order valence-corrected chi connectivity index (χ3v) is 6.62. The van der Waals surface area contributed by atoms with E-state index in [0.717, 1.165) is 0 Å². The molecule has 1 unspecified atom stereocenters. The van der Waals surface area contributed by atoms with Crippen molar-refractivity contribution in [1.29, 1.82) is 0 Å². The molecule has 6 nitrogen and oxygen atoms in total. The van der Waals surface area contributed by atoms with Gasteiger partial charge in [0, 0.05) is 28.8 Å². The summed E-state index contributed by atoms with van der Waals surface area (Å²) in [6.07, 6.45) is 5.22. The number of hydrogen-bond donors (Lipinski definition) is 1. The summed E-state index contributed by atoms with van der Waals surface area (Å²) in [7, 11) is 1.54. The summed E-state index contributed by atoms with van der Waals surface area (Å²) in [5.41, 5.74) is 1.15. The minimum Gasteiger partial charge on any atom is -0.496 e. The van der Waals surface area contributed by atoms with Crippen molar-refractivity contribution in [2.75, 3.05) is 7.11 Å². The summed E-state index contributed by atoms with van der Waals surface area (Å²) in [6.45, 7) is 3.82. The molecule has 3 aromatic carbocycles. The Morgan fingerprint density at radius 1 is 1.03 bits per heavy atom. The van der Waals surface area contributed by atoms with Crippen molar-refractivity contribution >= 4 is 41.2 Å². The van der Waals surface area contributed by atoms with Crippen LogP contribution < -0.4 is 9.47 Å². The lowest BCUT2D eigenvalue weighted by Gasteiger charge is -2.25. The normalized spacial score (nSPS) is 16.3. The fourth-order valence-electron chi connectivity index (χ4n) is 4.25. The summed E-state index contributed by atoms with van der Waals surface area (Å²) in [5, 5.41) is 10.1. The molecule has 3 aromatic rings. The number of carboxylic acids is 1. The maximum Gasteiger partial charge on any atom is 0.335 e. The molecular formula is C29H25Cl2NO5. The predicted molar refractivity (Wildman–Crippen MR) is 146 cm³/mol. The van der Waals surface area contributed by atoms with E-state index in [9.17, 15) is 14.7 Å². The smallest absolute Gasteiger partial charge is 0.335 e. The molecule has 0 amide bonds. The largest absolute Gasteiger partial charge is 0.496 e. The quantitative estimate of drug-likeness (QED) is 0.298. The van der Waals surface area contributed by atoms with Gasteiger partial charge in [-0.25, -0.2) is 4.79 Å². The van der Waals surface area contributed by atoms with E-state index in [1.54, 1.807) is 61.9 Å². The van der Waals surface area contributed by atoms with Crippen LogP contribution in [0.3, 0.4) is 0 Å². The van der Waals surface area contributed by atoms with Crippen LogP contribution in [0.1, 0.15) is 40.1 Å². The van der Waals surface area contributed by atoms with E-state index < -0.39 is 11.5 Å². The molecule has 1 aliphatic heterocycles. The Morgan fingerprint density at radius 2 is 1.81 bits per heavy atom. The Labute approximate surface area is 225 Å². The molecule has 37 heavy (non-hydrogen) atoms. The van der Waals surface area contributed by atoms with E-state index in [1.165, 1.54) is 12.1 Å². The van der Waals surface area contributed by atoms with Gasteiger partial charge in [0.2, 0.25) is 0 Å². The van der Waals surface area contributed by atoms with Crippen LogP contribution in [0.2, 0.25) is 10.0 Å². The number of Topliss-reactive ketones (excluding diaryl/α,β-unsaturated/α-hetero) is 1. The van der Waals surface area contributed by atoms with Gasteiger partial charge in [0.05, 0.1) is 23.8 Å². The first-order valence-electron chi connectivity index (χ1n) is 11.6. The Bertz CT molecular complexity index is 1420. The number of carbonyl (C=O) groups is 2. The minimum atomic E-state index is -1.23. The predicted octanol–water partition coefficient (Wildman–Crippen LogP) is 6.96. The second kappa shape index (κ2) is 10.8. The Kier molecular flexibility index (Phi) is 7.71. The maximum atomic E-state index is 13.8. The molecule has 0 saturated carbocycles. The highest BCUT2D eigenvalue weighted by atomic mass is 35.5. The minimum absolute atomic E-state index is 0.0317. The van der Waals surface area contributed by atoms with E-state index in [0.29, 0.717) is 38.8 Å². The van der Waals surface area contributed by atoms with Crippen LogP contribution in [0.15, 0.2) is 71.7 Å². The van der Waals surface area contributed by atoms with Crippen molar-refractivity contribution in [1.82, 2.24) is 0 Å². The number of methoxy groups -OCH3 is 1. The summed E-state index contributed by atoms with van der Waals surface area (Å²) in [5.74, 6) is -0.185. The second-order valence-corrected chi connectivity index (χ2v) is 9.72. The highest BCUT2D eigenvalue weighted by Gasteiger charge is 2.39. The average Bonchev–Trinajstić information content (AvgIpc) is 3.33. The summed E-state index contributed by atoms with van der Waals surface area (Å²) >= 11 is 12.9. The molecule has 0 spiro atoms. The van der Waals surface area contributed by atoms with Crippen LogP contribution in [-0.2, 0) is 6.42 Å². The summed E-state index contributed by atoms with van der Waals surface area (Å²) < 4.78 is 11.3. The number of aromatic carboxylic acids is 1. The highest BCUT2D eigenvalue weighted by Crippen LogP contribution is 2.37. The SMILES string of the molecule is COc1ccc(-c2cc(C(=O)O)ccc2Cl)cc1CC1(C(=O)c2ccc(OC(C)C)cc2Cl)C=CC=N1. The number of rotatable bonds is 9.